The van der Waals surface area contributed by atoms with Crippen LogP contribution in [0.5, 0.6) is 5.75 Å². The molecule has 1 aromatic heterocycles. The van der Waals surface area contributed by atoms with Gasteiger partial charge in [0.1, 0.15) is 11.9 Å². The van der Waals surface area contributed by atoms with Crippen LogP contribution in [0.3, 0.4) is 0 Å². The Morgan fingerprint density at radius 1 is 1.12 bits per heavy atom. The van der Waals surface area contributed by atoms with Gasteiger partial charge in [-0.1, -0.05) is 24.3 Å². The van der Waals surface area contributed by atoms with Crippen molar-refractivity contribution < 1.29 is 19.7 Å². The highest BCUT2D eigenvalue weighted by Gasteiger charge is 2.29. The zero-order valence-electron chi connectivity index (χ0n) is 18.2. The number of benzene rings is 2. The normalized spacial score (nSPS) is 18.5. The summed E-state index contributed by atoms with van der Waals surface area (Å²) in [6, 6.07) is 12.5. The van der Waals surface area contributed by atoms with E-state index in [0.717, 1.165) is 5.56 Å². The predicted octanol–water partition coefficient (Wildman–Crippen LogP) is 3.71. The third-order valence-corrected chi connectivity index (χ3v) is 5.72. The molecule has 8 heteroatoms. The molecular formula is C24H26N4O4. The minimum Gasteiger partial charge on any atom is -0.507 e. The average molecular weight is 434 g/mol. The lowest BCUT2D eigenvalue weighted by atomic mass is 9.96. The van der Waals surface area contributed by atoms with Crippen molar-refractivity contribution in [2.24, 2.45) is 0 Å². The molecule has 166 valence electrons. The Kier molecular flexibility index (Phi) is 5.71. The molecule has 1 saturated heterocycles. The number of para-hydroxylation sites is 1. The van der Waals surface area contributed by atoms with Crippen molar-refractivity contribution in [3.05, 3.63) is 64.7 Å². The second kappa shape index (κ2) is 8.47. The van der Waals surface area contributed by atoms with Crippen LogP contribution in [0.4, 0.5) is 11.5 Å². The molecule has 0 amide bonds. The topological polar surface area (TPSA) is 122 Å². The van der Waals surface area contributed by atoms with Gasteiger partial charge in [-0.05, 0) is 55.7 Å². The molecule has 2 atom stereocenters. The standard InChI is InChI=1S/C24H26N4O4/c1-13-8-16(9-14(2)22(13)24(30)31)21-12-28(11-15(3)32-21)19-10-18(26-27-23(19)25)17-6-4-5-7-20(17)29/h4-10,15,21,29H,11-12H2,1-3H3,(H2,25,27)(H,30,31)/t15-,21-/m0/s1. The summed E-state index contributed by atoms with van der Waals surface area (Å²) < 4.78 is 6.20. The average Bonchev–Trinajstić information content (AvgIpc) is 2.73. The minimum atomic E-state index is -0.932. The number of nitrogens with two attached hydrogens (primary N) is 1. The first-order valence-corrected chi connectivity index (χ1v) is 10.4. The van der Waals surface area contributed by atoms with E-state index in [2.05, 4.69) is 15.1 Å². The van der Waals surface area contributed by atoms with Crippen molar-refractivity contribution in [3.8, 4) is 17.0 Å². The first-order valence-electron chi connectivity index (χ1n) is 10.4. The third kappa shape index (κ3) is 4.09. The van der Waals surface area contributed by atoms with Crippen LogP contribution in [0, 0.1) is 13.8 Å². The van der Waals surface area contributed by atoms with Crippen molar-refractivity contribution in [3.63, 3.8) is 0 Å². The summed E-state index contributed by atoms with van der Waals surface area (Å²) in [5.74, 6) is -0.515. The summed E-state index contributed by atoms with van der Waals surface area (Å²) in [5, 5.41) is 28.0. The van der Waals surface area contributed by atoms with Crippen LogP contribution in [0.1, 0.15) is 40.1 Å². The Balaban J connectivity index is 1.68. The molecule has 4 N–H and O–H groups in total. The molecule has 1 fully saturated rings. The molecule has 0 aliphatic carbocycles. The van der Waals surface area contributed by atoms with Crippen LogP contribution in [-0.2, 0) is 4.74 Å². The van der Waals surface area contributed by atoms with E-state index in [1.54, 1.807) is 32.0 Å². The Labute approximate surface area is 186 Å². The van der Waals surface area contributed by atoms with Gasteiger partial charge < -0.3 is 25.6 Å². The molecule has 0 bridgehead atoms. The van der Waals surface area contributed by atoms with Gasteiger partial charge in [-0.2, -0.15) is 0 Å². The van der Waals surface area contributed by atoms with Crippen LogP contribution < -0.4 is 10.6 Å². The van der Waals surface area contributed by atoms with Gasteiger partial charge in [-0.25, -0.2) is 4.79 Å². The van der Waals surface area contributed by atoms with E-state index in [1.807, 2.05) is 31.2 Å². The van der Waals surface area contributed by atoms with E-state index in [4.69, 9.17) is 10.5 Å². The number of ether oxygens (including phenoxy) is 1. The number of carboxylic acid groups (broad SMARTS) is 1. The van der Waals surface area contributed by atoms with E-state index in [9.17, 15) is 15.0 Å². The molecule has 2 aromatic carbocycles. The molecule has 8 nitrogen and oxygen atoms in total. The fraction of sp³-hybridized carbons (Fsp3) is 0.292. The van der Waals surface area contributed by atoms with E-state index in [-0.39, 0.29) is 18.0 Å². The number of carbonyl (C=O) groups is 1. The van der Waals surface area contributed by atoms with Gasteiger partial charge in [-0.3, -0.25) is 0 Å². The molecule has 32 heavy (non-hydrogen) atoms. The molecule has 3 aromatic rings. The maximum absolute atomic E-state index is 11.5. The minimum absolute atomic E-state index is 0.0883. The number of hydrogen-bond acceptors (Lipinski definition) is 7. The van der Waals surface area contributed by atoms with Crippen molar-refractivity contribution >= 4 is 17.5 Å². The van der Waals surface area contributed by atoms with Crippen LogP contribution in [0.25, 0.3) is 11.3 Å². The van der Waals surface area contributed by atoms with E-state index < -0.39 is 5.97 Å². The number of nitrogen functional groups attached to an aromatic ring is 1. The van der Waals surface area contributed by atoms with Gasteiger partial charge in [0, 0.05) is 18.7 Å². The number of aromatic carboxylic acids is 1. The summed E-state index contributed by atoms with van der Waals surface area (Å²) >= 11 is 0. The van der Waals surface area contributed by atoms with Gasteiger partial charge >= 0.3 is 5.97 Å². The number of morpholine rings is 1. The van der Waals surface area contributed by atoms with Crippen molar-refractivity contribution in [1.29, 1.82) is 0 Å². The Morgan fingerprint density at radius 3 is 2.47 bits per heavy atom. The van der Waals surface area contributed by atoms with Crippen molar-refractivity contribution in [2.75, 3.05) is 23.7 Å². The number of phenols is 1. The monoisotopic (exact) mass is 434 g/mol. The number of rotatable bonds is 4. The fourth-order valence-electron chi connectivity index (χ4n) is 4.32. The lowest BCUT2D eigenvalue weighted by Gasteiger charge is -2.39. The SMILES string of the molecule is Cc1cc([C@@H]2CN(c3cc(-c4ccccc4O)nnc3N)C[C@H](C)O2)cc(C)c1C(=O)O. The first-order chi connectivity index (χ1) is 15.2. The summed E-state index contributed by atoms with van der Waals surface area (Å²) in [6.07, 6.45) is -0.352. The van der Waals surface area contributed by atoms with Crippen LogP contribution in [-0.4, -0.2) is 45.6 Å². The number of phenolic OH excluding ortho intramolecular Hbond substituents is 1. The highest BCUT2D eigenvalue weighted by atomic mass is 16.5. The lowest BCUT2D eigenvalue weighted by molar-refractivity contribution is -0.0174. The molecular weight excluding hydrogens is 408 g/mol. The van der Waals surface area contributed by atoms with Crippen LogP contribution >= 0.6 is 0 Å². The number of aromatic hydroxyl groups is 1. The summed E-state index contributed by atoms with van der Waals surface area (Å²) in [7, 11) is 0. The third-order valence-electron chi connectivity index (χ3n) is 5.72. The number of aromatic nitrogens is 2. The maximum atomic E-state index is 11.5. The zero-order valence-corrected chi connectivity index (χ0v) is 18.2. The van der Waals surface area contributed by atoms with Gasteiger partial charge in [0.2, 0.25) is 0 Å². The van der Waals surface area contributed by atoms with Crippen LogP contribution in [0.2, 0.25) is 0 Å². The molecule has 1 aliphatic rings. The second-order valence-corrected chi connectivity index (χ2v) is 8.19. The van der Waals surface area contributed by atoms with Crippen LogP contribution in [0.15, 0.2) is 42.5 Å². The Morgan fingerprint density at radius 2 is 1.81 bits per heavy atom. The van der Waals surface area contributed by atoms with Crippen molar-refractivity contribution in [2.45, 2.75) is 33.0 Å². The summed E-state index contributed by atoms with van der Waals surface area (Å²) in [4.78, 5) is 13.6. The molecule has 4 rings (SSSR count). The molecule has 0 unspecified atom stereocenters. The maximum Gasteiger partial charge on any atom is 0.336 e. The molecule has 0 spiro atoms. The largest absolute Gasteiger partial charge is 0.507 e. The Hall–Kier alpha value is -3.65. The van der Waals surface area contributed by atoms with Gasteiger partial charge in [0.15, 0.2) is 5.82 Å². The number of nitrogens with zero attached hydrogens (tertiary/aromatic N) is 3. The number of anilines is 2. The lowest BCUT2D eigenvalue weighted by Crippen LogP contribution is -2.43. The molecule has 1 aliphatic heterocycles. The van der Waals surface area contributed by atoms with Crippen molar-refractivity contribution in [1.82, 2.24) is 10.2 Å². The Bertz CT molecular complexity index is 1160. The summed E-state index contributed by atoms with van der Waals surface area (Å²) in [6.45, 7) is 6.71. The smallest absolute Gasteiger partial charge is 0.336 e. The number of carboxylic acids is 1. The number of hydrogen-bond donors (Lipinski definition) is 3. The van der Waals surface area contributed by atoms with E-state index >= 15 is 0 Å². The quantitative estimate of drug-likeness (QED) is 0.568. The van der Waals surface area contributed by atoms with Gasteiger partial charge in [0.25, 0.3) is 0 Å². The van der Waals surface area contributed by atoms with E-state index in [1.165, 1.54) is 0 Å². The predicted molar refractivity (Wildman–Crippen MR) is 122 cm³/mol. The highest BCUT2D eigenvalue weighted by molar-refractivity contribution is 5.91. The molecule has 0 saturated carbocycles. The molecule has 2 heterocycles. The van der Waals surface area contributed by atoms with E-state index in [0.29, 0.717) is 52.5 Å². The first kappa shape index (κ1) is 21.6. The zero-order chi connectivity index (χ0) is 23.0. The second-order valence-electron chi connectivity index (χ2n) is 8.19. The number of aryl methyl sites for hydroxylation is 2. The molecule has 0 radical (unpaired) electrons. The van der Waals surface area contributed by atoms with Gasteiger partial charge in [0.05, 0.1) is 23.0 Å². The fourth-order valence-corrected chi connectivity index (χ4v) is 4.32. The van der Waals surface area contributed by atoms with Gasteiger partial charge in [-0.15, -0.1) is 10.2 Å². The highest BCUT2D eigenvalue weighted by Crippen LogP contribution is 2.35. The summed E-state index contributed by atoms with van der Waals surface area (Å²) in [5.41, 5.74) is 10.7.